The average molecular weight is 295 g/mol. The molecule has 2 N–H and O–H groups in total. The van der Waals surface area contributed by atoms with Gasteiger partial charge in [-0.25, -0.2) is 9.59 Å². The minimum absolute atomic E-state index is 0.232. The van der Waals surface area contributed by atoms with Crippen LogP contribution in [-0.4, -0.2) is 31.9 Å². The molecular weight excluding hydrogens is 274 g/mol. The number of esters is 1. The Morgan fingerprint density at radius 1 is 1.24 bits per heavy atom. The number of carbonyl (C=O) groups excluding carboxylic acids is 2. The van der Waals surface area contributed by atoms with Crippen molar-refractivity contribution >= 4 is 12.1 Å². The maximum absolute atomic E-state index is 11.6. The molecule has 0 aliphatic heterocycles. The van der Waals surface area contributed by atoms with Gasteiger partial charge >= 0.3 is 12.1 Å². The van der Waals surface area contributed by atoms with E-state index in [0.717, 1.165) is 24.2 Å². The Morgan fingerprint density at radius 3 is 2.48 bits per heavy atom. The zero-order valence-electron chi connectivity index (χ0n) is 12.3. The second-order valence-electron chi connectivity index (χ2n) is 4.53. The number of hydrogen-bond donors (Lipinski definition) is 1. The number of methoxy groups -OCH3 is 1. The average Bonchev–Trinajstić information content (AvgIpc) is 2.48. The molecule has 0 saturated heterocycles. The SMILES string of the molecule is CCCCOC(=O)OC(=O)[C@@H](N)Cc1ccc(OC)cc1. The summed E-state index contributed by atoms with van der Waals surface area (Å²) in [4.78, 5) is 22.9. The van der Waals surface area contributed by atoms with E-state index in [-0.39, 0.29) is 13.0 Å². The van der Waals surface area contributed by atoms with Crippen LogP contribution < -0.4 is 10.5 Å². The van der Waals surface area contributed by atoms with Gasteiger partial charge in [-0.05, 0) is 30.5 Å². The van der Waals surface area contributed by atoms with Gasteiger partial charge in [0.15, 0.2) is 0 Å². The van der Waals surface area contributed by atoms with E-state index in [1.807, 2.05) is 6.92 Å². The smallest absolute Gasteiger partial charge is 0.497 e. The first kappa shape index (κ1) is 17.0. The molecule has 6 nitrogen and oxygen atoms in total. The molecule has 0 bridgehead atoms. The molecule has 0 fully saturated rings. The molecule has 0 aliphatic carbocycles. The minimum Gasteiger partial charge on any atom is -0.497 e. The zero-order chi connectivity index (χ0) is 15.7. The zero-order valence-corrected chi connectivity index (χ0v) is 12.3. The molecule has 1 rings (SSSR count). The lowest BCUT2D eigenvalue weighted by Gasteiger charge is -2.11. The highest BCUT2D eigenvalue weighted by Gasteiger charge is 2.20. The van der Waals surface area contributed by atoms with E-state index in [2.05, 4.69) is 4.74 Å². The fourth-order valence-electron chi connectivity index (χ4n) is 1.59. The molecule has 116 valence electrons. The van der Waals surface area contributed by atoms with E-state index in [1.165, 1.54) is 0 Å². The third-order valence-electron chi connectivity index (χ3n) is 2.82. The lowest BCUT2D eigenvalue weighted by atomic mass is 10.1. The minimum atomic E-state index is -1.00. The summed E-state index contributed by atoms with van der Waals surface area (Å²) < 4.78 is 14.3. The Hall–Kier alpha value is -2.08. The first-order valence-electron chi connectivity index (χ1n) is 6.83. The van der Waals surface area contributed by atoms with Gasteiger partial charge in [-0.3, -0.25) is 0 Å². The topological polar surface area (TPSA) is 87.9 Å². The standard InChI is InChI=1S/C15H21NO5/c1-3-4-9-20-15(18)21-14(17)13(16)10-11-5-7-12(19-2)8-6-11/h5-8,13H,3-4,9-10,16H2,1-2H3/t13-/m0/s1. The van der Waals surface area contributed by atoms with Crippen molar-refractivity contribution in [2.75, 3.05) is 13.7 Å². The summed E-state index contributed by atoms with van der Waals surface area (Å²) in [6.45, 7) is 2.20. The molecule has 0 aromatic heterocycles. The second-order valence-corrected chi connectivity index (χ2v) is 4.53. The van der Waals surface area contributed by atoms with Gasteiger partial charge in [0.2, 0.25) is 0 Å². The molecule has 6 heteroatoms. The Kier molecular flexibility index (Phi) is 7.25. The summed E-state index contributed by atoms with van der Waals surface area (Å²) in [6.07, 6.45) is 0.878. The molecule has 1 aromatic rings. The van der Waals surface area contributed by atoms with Gasteiger partial charge in [0.25, 0.3) is 0 Å². The number of hydrogen-bond acceptors (Lipinski definition) is 6. The molecular formula is C15H21NO5. The van der Waals surface area contributed by atoms with Crippen LogP contribution in [0.25, 0.3) is 0 Å². The predicted octanol–water partition coefficient (Wildman–Crippen LogP) is 2.04. The van der Waals surface area contributed by atoms with Gasteiger partial charge < -0.3 is 19.9 Å². The monoisotopic (exact) mass is 295 g/mol. The maximum Gasteiger partial charge on any atom is 0.516 e. The molecule has 0 aliphatic rings. The Labute approximate surface area is 124 Å². The lowest BCUT2D eigenvalue weighted by Crippen LogP contribution is -2.35. The van der Waals surface area contributed by atoms with Crippen LogP contribution in [-0.2, 0) is 20.7 Å². The number of nitrogens with two attached hydrogens (primary N) is 1. The highest BCUT2D eigenvalue weighted by atomic mass is 16.7. The third-order valence-corrected chi connectivity index (χ3v) is 2.82. The molecule has 0 unspecified atom stereocenters. The van der Waals surface area contributed by atoms with Crippen LogP contribution in [0.15, 0.2) is 24.3 Å². The van der Waals surface area contributed by atoms with Crippen molar-refractivity contribution in [3.05, 3.63) is 29.8 Å². The summed E-state index contributed by atoms with van der Waals surface area (Å²) >= 11 is 0. The largest absolute Gasteiger partial charge is 0.516 e. The summed E-state index contributed by atoms with van der Waals surface area (Å²) in [5.41, 5.74) is 6.56. The van der Waals surface area contributed by atoms with Crippen molar-refractivity contribution < 1.29 is 23.8 Å². The molecule has 0 spiro atoms. The van der Waals surface area contributed by atoms with Crippen LogP contribution in [0.2, 0.25) is 0 Å². The van der Waals surface area contributed by atoms with E-state index >= 15 is 0 Å². The Balaban J connectivity index is 2.41. The van der Waals surface area contributed by atoms with Crippen LogP contribution in [0, 0.1) is 0 Å². The molecule has 0 amide bonds. The van der Waals surface area contributed by atoms with Gasteiger partial charge in [0.1, 0.15) is 11.8 Å². The van der Waals surface area contributed by atoms with Gasteiger partial charge in [0, 0.05) is 0 Å². The molecule has 1 atom stereocenters. The molecule has 0 saturated carbocycles. The second kappa shape index (κ2) is 8.97. The number of rotatable bonds is 7. The van der Waals surface area contributed by atoms with Crippen LogP contribution in [0.4, 0.5) is 4.79 Å². The van der Waals surface area contributed by atoms with Crippen molar-refractivity contribution in [3.63, 3.8) is 0 Å². The first-order valence-corrected chi connectivity index (χ1v) is 6.83. The van der Waals surface area contributed by atoms with Gasteiger partial charge in [-0.2, -0.15) is 0 Å². The van der Waals surface area contributed by atoms with Gasteiger partial charge in [-0.15, -0.1) is 0 Å². The number of benzene rings is 1. The molecule has 1 aromatic carbocycles. The van der Waals surface area contributed by atoms with Gasteiger partial charge in [0.05, 0.1) is 13.7 Å². The van der Waals surface area contributed by atoms with Crippen LogP contribution >= 0.6 is 0 Å². The van der Waals surface area contributed by atoms with E-state index in [4.69, 9.17) is 15.2 Å². The maximum atomic E-state index is 11.6. The molecule has 0 radical (unpaired) electrons. The van der Waals surface area contributed by atoms with Crippen molar-refractivity contribution in [3.8, 4) is 5.75 Å². The van der Waals surface area contributed by atoms with Crippen LogP contribution in [0.1, 0.15) is 25.3 Å². The fourth-order valence-corrected chi connectivity index (χ4v) is 1.59. The summed E-state index contributed by atoms with van der Waals surface area (Å²) in [6, 6.07) is 6.22. The van der Waals surface area contributed by atoms with Gasteiger partial charge in [-0.1, -0.05) is 25.5 Å². The Morgan fingerprint density at radius 2 is 1.90 bits per heavy atom. The highest BCUT2D eigenvalue weighted by molar-refractivity contribution is 5.85. The quantitative estimate of drug-likeness (QED) is 0.470. The number of unbranched alkanes of at least 4 members (excludes halogenated alkanes) is 1. The van der Waals surface area contributed by atoms with Crippen LogP contribution in [0.5, 0.6) is 5.75 Å². The van der Waals surface area contributed by atoms with Crippen molar-refractivity contribution in [2.45, 2.75) is 32.2 Å². The summed E-state index contributed by atoms with van der Waals surface area (Å²) in [5, 5.41) is 0. The third kappa shape index (κ3) is 6.27. The normalized spacial score (nSPS) is 11.6. The van der Waals surface area contributed by atoms with Crippen molar-refractivity contribution in [2.24, 2.45) is 5.73 Å². The fraction of sp³-hybridized carbons (Fsp3) is 0.467. The summed E-state index contributed by atoms with van der Waals surface area (Å²) in [5.74, 6) is -0.0817. The first-order chi connectivity index (χ1) is 10.1. The number of ether oxygens (including phenoxy) is 3. The predicted molar refractivity (Wildman–Crippen MR) is 77.0 cm³/mol. The molecule has 21 heavy (non-hydrogen) atoms. The van der Waals surface area contributed by atoms with E-state index in [1.54, 1.807) is 31.4 Å². The number of carbonyl (C=O) groups is 2. The van der Waals surface area contributed by atoms with E-state index < -0.39 is 18.2 Å². The van der Waals surface area contributed by atoms with Crippen molar-refractivity contribution in [1.82, 2.24) is 0 Å². The Bertz CT molecular complexity index is 458. The highest BCUT2D eigenvalue weighted by Crippen LogP contribution is 2.12. The summed E-state index contributed by atoms with van der Waals surface area (Å²) in [7, 11) is 1.57. The molecule has 0 heterocycles. The van der Waals surface area contributed by atoms with Crippen LogP contribution in [0.3, 0.4) is 0 Å². The van der Waals surface area contributed by atoms with Crippen molar-refractivity contribution in [1.29, 1.82) is 0 Å². The van der Waals surface area contributed by atoms with E-state index in [9.17, 15) is 9.59 Å². The van der Waals surface area contributed by atoms with E-state index in [0.29, 0.717) is 0 Å². The lowest BCUT2D eigenvalue weighted by molar-refractivity contribution is -0.141.